The predicted octanol–water partition coefficient (Wildman–Crippen LogP) is 4.66. The van der Waals surface area contributed by atoms with E-state index in [9.17, 15) is 4.79 Å². The standard InChI is InChI=1S/C15H12Cl2O2/c1-10-2-4-11(5-3-10)9-19-15(18)12-6-7-13(16)14(17)8-12/h2-8H,9H2,1H3. The van der Waals surface area contributed by atoms with Crippen LogP contribution in [0.4, 0.5) is 0 Å². The maximum Gasteiger partial charge on any atom is 0.338 e. The van der Waals surface area contributed by atoms with Crippen molar-refractivity contribution in [2.75, 3.05) is 0 Å². The van der Waals surface area contributed by atoms with E-state index in [-0.39, 0.29) is 6.61 Å². The zero-order chi connectivity index (χ0) is 13.8. The molecule has 0 aliphatic carbocycles. The Morgan fingerprint density at radius 3 is 2.37 bits per heavy atom. The van der Waals surface area contributed by atoms with Crippen LogP contribution in [0.15, 0.2) is 42.5 Å². The SMILES string of the molecule is Cc1ccc(COC(=O)c2ccc(Cl)c(Cl)c2)cc1. The Kier molecular flexibility index (Phi) is 4.46. The molecule has 0 aliphatic rings. The second-order valence-electron chi connectivity index (χ2n) is 4.19. The Hall–Kier alpha value is -1.51. The molecule has 0 spiro atoms. The van der Waals surface area contributed by atoms with Gasteiger partial charge in [-0.2, -0.15) is 0 Å². The van der Waals surface area contributed by atoms with Gasteiger partial charge in [-0.3, -0.25) is 0 Å². The van der Waals surface area contributed by atoms with Crippen molar-refractivity contribution in [2.45, 2.75) is 13.5 Å². The first-order valence-electron chi connectivity index (χ1n) is 5.74. The van der Waals surface area contributed by atoms with Crippen molar-refractivity contribution in [3.05, 3.63) is 69.2 Å². The summed E-state index contributed by atoms with van der Waals surface area (Å²) in [6.07, 6.45) is 0. The number of hydrogen-bond acceptors (Lipinski definition) is 2. The first kappa shape index (κ1) is 13.9. The Labute approximate surface area is 121 Å². The molecular formula is C15H12Cl2O2. The molecule has 0 fully saturated rings. The molecule has 19 heavy (non-hydrogen) atoms. The minimum absolute atomic E-state index is 0.235. The molecule has 0 atom stereocenters. The van der Waals surface area contributed by atoms with Gasteiger partial charge >= 0.3 is 5.97 Å². The van der Waals surface area contributed by atoms with E-state index in [1.807, 2.05) is 31.2 Å². The van der Waals surface area contributed by atoms with Gasteiger partial charge < -0.3 is 4.74 Å². The summed E-state index contributed by atoms with van der Waals surface area (Å²) in [5.41, 5.74) is 2.50. The van der Waals surface area contributed by atoms with Gasteiger partial charge in [0.1, 0.15) is 6.61 Å². The molecule has 0 bridgehead atoms. The number of esters is 1. The Balaban J connectivity index is 2.01. The van der Waals surface area contributed by atoms with Gasteiger partial charge in [-0.1, -0.05) is 53.0 Å². The van der Waals surface area contributed by atoms with E-state index in [1.165, 1.54) is 11.6 Å². The lowest BCUT2D eigenvalue weighted by atomic mass is 10.2. The van der Waals surface area contributed by atoms with E-state index in [0.717, 1.165) is 5.56 Å². The number of carbonyl (C=O) groups is 1. The van der Waals surface area contributed by atoms with Crippen LogP contribution in [0.1, 0.15) is 21.5 Å². The molecule has 2 nitrogen and oxygen atoms in total. The maximum absolute atomic E-state index is 11.8. The topological polar surface area (TPSA) is 26.3 Å². The molecule has 0 unspecified atom stereocenters. The lowest BCUT2D eigenvalue weighted by molar-refractivity contribution is 0.0473. The summed E-state index contributed by atoms with van der Waals surface area (Å²) in [5.74, 6) is -0.417. The monoisotopic (exact) mass is 294 g/mol. The third-order valence-electron chi connectivity index (χ3n) is 2.65. The van der Waals surface area contributed by atoms with Gasteiger partial charge in [-0.15, -0.1) is 0 Å². The molecule has 0 saturated carbocycles. The van der Waals surface area contributed by atoms with Crippen LogP contribution < -0.4 is 0 Å². The van der Waals surface area contributed by atoms with Crippen LogP contribution in [0.5, 0.6) is 0 Å². The molecule has 4 heteroatoms. The van der Waals surface area contributed by atoms with Crippen LogP contribution in [0.3, 0.4) is 0 Å². The summed E-state index contributed by atoms with van der Waals surface area (Å²) in [6, 6.07) is 12.5. The molecule has 0 amide bonds. The fourth-order valence-corrected chi connectivity index (χ4v) is 1.84. The van der Waals surface area contributed by atoms with Crippen molar-refractivity contribution >= 4 is 29.2 Å². The zero-order valence-electron chi connectivity index (χ0n) is 10.3. The summed E-state index contributed by atoms with van der Waals surface area (Å²) in [6.45, 7) is 2.24. The van der Waals surface area contributed by atoms with Gasteiger partial charge in [-0.05, 0) is 30.7 Å². The lowest BCUT2D eigenvalue weighted by Gasteiger charge is -2.06. The first-order chi connectivity index (χ1) is 9.06. The van der Waals surface area contributed by atoms with Crippen LogP contribution in [-0.4, -0.2) is 5.97 Å². The zero-order valence-corrected chi connectivity index (χ0v) is 11.8. The molecule has 98 valence electrons. The maximum atomic E-state index is 11.8. The highest BCUT2D eigenvalue weighted by Gasteiger charge is 2.09. The number of aryl methyl sites for hydroxylation is 1. The van der Waals surface area contributed by atoms with Crippen LogP contribution in [0.2, 0.25) is 10.0 Å². The third kappa shape index (κ3) is 3.72. The fourth-order valence-electron chi connectivity index (χ4n) is 1.54. The van der Waals surface area contributed by atoms with Crippen molar-refractivity contribution in [3.8, 4) is 0 Å². The summed E-state index contributed by atoms with van der Waals surface area (Å²) in [4.78, 5) is 11.8. The lowest BCUT2D eigenvalue weighted by Crippen LogP contribution is -2.05. The van der Waals surface area contributed by atoms with Crippen molar-refractivity contribution in [1.29, 1.82) is 0 Å². The highest BCUT2D eigenvalue weighted by Crippen LogP contribution is 2.23. The number of ether oxygens (including phenoxy) is 1. The summed E-state index contributed by atoms with van der Waals surface area (Å²) < 4.78 is 5.21. The van der Waals surface area contributed by atoms with E-state index in [0.29, 0.717) is 15.6 Å². The quantitative estimate of drug-likeness (QED) is 0.770. The van der Waals surface area contributed by atoms with Gasteiger partial charge in [0, 0.05) is 0 Å². The second-order valence-corrected chi connectivity index (χ2v) is 5.01. The second kappa shape index (κ2) is 6.09. The largest absolute Gasteiger partial charge is 0.457 e. The Bertz CT molecular complexity index is 592. The number of carbonyl (C=O) groups excluding carboxylic acids is 1. The first-order valence-corrected chi connectivity index (χ1v) is 6.49. The van der Waals surface area contributed by atoms with Crippen molar-refractivity contribution < 1.29 is 9.53 Å². The molecule has 2 rings (SSSR count). The average molecular weight is 295 g/mol. The summed E-state index contributed by atoms with van der Waals surface area (Å²) in [7, 11) is 0. The number of benzene rings is 2. The Morgan fingerprint density at radius 2 is 1.74 bits per heavy atom. The fraction of sp³-hybridized carbons (Fsp3) is 0.133. The van der Waals surface area contributed by atoms with Gasteiger partial charge in [0.25, 0.3) is 0 Å². The van der Waals surface area contributed by atoms with Crippen molar-refractivity contribution in [1.82, 2.24) is 0 Å². The third-order valence-corrected chi connectivity index (χ3v) is 3.38. The van der Waals surface area contributed by atoms with Gasteiger partial charge in [0.15, 0.2) is 0 Å². The van der Waals surface area contributed by atoms with Crippen molar-refractivity contribution in [2.24, 2.45) is 0 Å². The smallest absolute Gasteiger partial charge is 0.338 e. The number of hydrogen-bond donors (Lipinski definition) is 0. The molecular weight excluding hydrogens is 283 g/mol. The molecule has 0 heterocycles. The highest BCUT2D eigenvalue weighted by atomic mass is 35.5. The van der Waals surface area contributed by atoms with Crippen LogP contribution in [0.25, 0.3) is 0 Å². The van der Waals surface area contributed by atoms with Crippen LogP contribution in [-0.2, 0) is 11.3 Å². The molecule has 0 radical (unpaired) electrons. The molecule has 0 saturated heterocycles. The highest BCUT2D eigenvalue weighted by molar-refractivity contribution is 6.42. The number of rotatable bonds is 3. The molecule has 2 aromatic carbocycles. The summed E-state index contributed by atoms with van der Waals surface area (Å²) >= 11 is 11.6. The van der Waals surface area contributed by atoms with E-state index in [2.05, 4.69) is 0 Å². The average Bonchev–Trinajstić information content (AvgIpc) is 2.41. The van der Waals surface area contributed by atoms with Crippen LogP contribution >= 0.6 is 23.2 Å². The summed E-state index contributed by atoms with van der Waals surface area (Å²) in [5, 5.41) is 0.753. The van der Waals surface area contributed by atoms with E-state index in [4.69, 9.17) is 27.9 Å². The van der Waals surface area contributed by atoms with Crippen LogP contribution in [0, 0.1) is 6.92 Å². The minimum Gasteiger partial charge on any atom is -0.457 e. The normalized spacial score (nSPS) is 10.3. The van der Waals surface area contributed by atoms with Crippen molar-refractivity contribution in [3.63, 3.8) is 0 Å². The van der Waals surface area contributed by atoms with E-state index in [1.54, 1.807) is 12.1 Å². The van der Waals surface area contributed by atoms with E-state index >= 15 is 0 Å². The van der Waals surface area contributed by atoms with Gasteiger partial charge in [-0.25, -0.2) is 4.79 Å². The number of halogens is 2. The van der Waals surface area contributed by atoms with Gasteiger partial charge in [0.2, 0.25) is 0 Å². The molecule has 0 aromatic heterocycles. The van der Waals surface area contributed by atoms with Gasteiger partial charge in [0.05, 0.1) is 15.6 Å². The molecule has 0 aliphatic heterocycles. The van der Waals surface area contributed by atoms with E-state index < -0.39 is 5.97 Å². The predicted molar refractivity (Wildman–Crippen MR) is 76.8 cm³/mol. The molecule has 0 N–H and O–H groups in total. The minimum atomic E-state index is -0.417. The Morgan fingerprint density at radius 1 is 1.05 bits per heavy atom. The molecule has 2 aromatic rings.